The topological polar surface area (TPSA) is 51.2 Å². The van der Waals surface area contributed by atoms with Crippen molar-refractivity contribution in [2.45, 2.75) is 6.92 Å². The van der Waals surface area contributed by atoms with E-state index in [1.807, 2.05) is 24.3 Å². The summed E-state index contributed by atoms with van der Waals surface area (Å²) >= 11 is 12.0. The Kier molecular flexibility index (Phi) is 4.88. The molecule has 0 atom stereocenters. The van der Waals surface area contributed by atoms with Gasteiger partial charge in [-0.1, -0.05) is 41.4 Å². The first-order valence-electron chi connectivity index (χ1n) is 7.37. The Morgan fingerprint density at radius 2 is 1.96 bits per heavy atom. The van der Waals surface area contributed by atoms with E-state index in [2.05, 4.69) is 10.3 Å². The third-order valence-electron chi connectivity index (χ3n) is 3.46. The number of esters is 1. The molecule has 3 rings (SSSR count). The summed E-state index contributed by atoms with van der Waals surface area (Å²) in [6.07, 6.45) is 1.51. The van der Waals surface area contributed by atoms with Gasteiger partial charge in [-0.05, 0) is 31.2 Å². The number of ether oxygens (including phenoxy) is 1. The Morgan fingerprint density at radius 1 is 1.17 bits per heavy atom. The van der Waals surface area contributed by atoms with Crippen LogP contribution in [0.2, 0.25) is 10.0 Å². The first-order chi connectivity index (χ1) is 11.6. The number of anilines is 2. The Labute approximate surface area is 149 Å². The van der Waals surface area contributed by atoms with Gasteiger partial charge in [0.05, 0.1) is 27.9 Å². The van der Waals surface area contributed by atoms with Crippen LogP contribution >= 0.6 is 23.2 Å². The molecule has 0 fully saturated rings. The van der Waals surface area contributed by atoms with Crippen LogP contribution < -0.4 is 5.32 Å². The molecule has 4 nitrogen and oxygen atoms in total. The number of carbonyl (C=O) groups excluding carboxylic acids is 1. The molecule has 2 aromatic carbocycles. The van der Waals surface area contributed by atoms with Crippen LogP contribution in [0.5, 0.6) is 0 Å². The second kappa shape index (κ2) is 7.07. The number of carbonyl (C=O) groups is 1. The summed E-state index contributed by atoms with van der Waals surface area (Å²) in [5.41, 5.74) is 2.47. The lowest BCUT2D eigenvalue weighted by Gasteiger charge is -2.14. The zero-order valence-corrected chi connectivity index (χ0v) is 14.4. The number of benzene rings is 2. The quantitative estimate of drug-likeness (QED) is 0.627. The molecule has 0 saturated heterocycles. The van der Waals surface area contributed by atoms with Gasteiger partial charge in [0.1, 0.15) is 5.56 Å². The standard InChI is InChI=1S/C18H14Cl2N2O2/c1-2-24-18(23)13-10-21-16-6-4-3-5-12(16)17(13)22-11-7-8-14(19)15(20)9-11/h3-10H,2H2,1H3,(H,21,22). The molecular formula is C18H14Cl2N2O2. The number of para-hydroxylation sites is 1. The van der Waals surface area contributed by atoms with Gasteiger partial charge in [0.25, 0.3) is 0 Å². The molecule has 0 spiro atoms. The van der Waals surface area contributed by atoms with E-state index in [0.29, 0.717) is 27.0 Å². The van der Waals surface area contributed by atoms with E-state index in [9.17, 15) is 4.79 Å². The molecule has 0 aliphatic heterocycles. The third kappa shape index (κ3) is 3.30. The van der Waals surface area contributed by atoms with Crippen LogP contribution in [0, 0.1) is 0 Å². The highest BCUT2D eigenvalue weighted by molar-refractivity contribution is 6.42. The molecule has 1 N–H and O–H groups in total. The summed E-state index contributed by atoms with van der Waals surface area (Å²) in [5, 5.41) is 4.95. The first kappa shape index (κ1) is 16.6. The van der Waals surface area contributed by atoms with E-state index >= 15 is 0 Å². The Hall–Kier alpha value is -2.30. The van der Waals surface area contributed by atoms with Crippen molar-refractivity contribution in [3.63, 3.8) is 0 Å². The zero-order valence-electron chi connectivity index (χ0n) is 12.8. The number of hydrogen-bond acceptors (Lipinski definition) is 4. The average Bonchev–Trinajstić information content (AvgIpc) is 2.58. The van der Waals surface area contributed by atoms with Crippen molar-refractivity contribution < 1.29 is 9.53 Å². The Bertz CT molecular complexity index is 913. The minimum atomic E-state index is -0.432. The van der Waals surface area contributed by atoms with Gasteiger partial charge in [-0.25, -0.2) is 4.79 Å². The number of nitrogens with zero attached hydrogens (tertiary/aromatic N) is 1. The van der Waals surface area contributed by atoms with Crippen LogP contribution in [-0.2, 0) is 4.74 Å². The first-order valence-corrected chi connectivity index (χ1v) is 8.12. The molecule has 0 bridgehead atoms. The lowest BCUT2D eigenvalue weighted by Crippen LogP contribution is -2.09. The minimum Gasteiger partial charge on any atom is -0.462 e. The van der Waals surface area contributed by atoms with Gasteiger partial charge in [0.15, 0.2) is 0 Å². The van der Waals surface area contributed by atoms with E-state index in [4.69, 9.17) is 27.9 Å². The molecule has 0 aliphatic carbocycles. The normalized spacial score (nSPS) is 10.6. The van der Waals surface area contributed by atoms with Gasteiger partial charge >= 0.3 is 5.97 Å². The van der Waals surface area contributed by atoms with Gasteiger partial charge in [-0.3, -0.25) is 4.98 Å². The van der Waals surface area contributed by atoms with Crippen molar-refractivity contribution in [2.75, 3.05) is 11.9 Å². The van der Waals surface area contributed by atoms with Crippen molar-refractivity contribution in [1.29, 1.82) is 0 Å². The van der Waals surface area contributed by atoms with E-state index in [1.165, 1.54) is 6.20 Å². The largest absolute Gasteiger partial charge is 0.462 e. The number of fused-ring (bicyclic) bond motifs is 1. The molecule has 122 valence electrons. The summed E-state index contributed by atoms with van der Waals surface area (Å²) in [4.78, 5) is 16.6. The molecule has 0 amide bonds. The Morgan fingerprint density at radius 3 is 2.71 bits per heavy atom. The molecule has 24 heavy (non-hydrogen) atoms. The van der Waals surface area contributed by atoms with Crippen molar-refractivity contribution in [3.05, 3.63) is 64.3 Å². The van der Waals surface area contributed by atoms with Crippen LogP contribution in [0.15, 0.2) is 48.7 Å². The monoisotopic (exact) mass is 360 g/mol. The summed E-state index contributed by atoms with van der Waals surface area (Å²) in [7, 11) is 0. The molecule has 0 radical (unpaired) electrons. The molecule has 1 heterocycles. The van der Waals surface area contributed by atoms with Crippen molar-refractivity contribution in [1.82, 2.24) is 4.98 Å². The number of halogens is 2. The van der Waals surface area contributed by atoms with Crippen LogP contribution in [0.1, 0.15) is 17.3 Å². The second-order valence-corrected chi connectivity index (χ2v) is 5.85. The van der Waals surface area contributed by atoms with Crippen LogP contribution in [-0.4, -0.2) is 17.6 Å². The van der Waals surface area contributed by atoms with E-state index in [0.717, 1.165) is 10.9 Å². The number of rotatable bonds is 4. The Balaban J connectivity index is 2.13. The maximum atomic E-state index is 12.3. The third-order valence-corrected chi connectivity index (χ3v) is 4.20. The molecule has 6 heteroatoms. The fourth-order valence-electron chi connectivity index (χ4n) is 2.36. The number of nitrogens with one attached hydrogen (secondary N) is 1. The molecule has 1 aromatic heterocycles. The predicted octanol–water partition coefficient (Wildman–Crippen LogP) is 5.46. The van der Waals surface area contributed by atoms with Gasteiger partial charge in [-0.2, -0.15) is 0 Å². The van der Waals surface area contributed by atoms with E-state index in [1.54, 1.807) is 25.1 Å². The summed E-state index contributed by atoms with van der Waals surface area (Å²) in [5.74, 6) is -0.432. The molecular weight excluding hydrogens is 347 g/mol. The predicted molar refractivity (Wildman–Crippen MR) is 97.4 cm³/mol. The molecule has 3 aromatic rings. The molecule has 0 unspecified atom stereocenters. The van der Waals surface area contributed by atoms with Crippen LogP contribution in [0.25, 0.3) is 10.9 Å². The fraction of sp³-hybridized carbons (Fsp3) is 0.111. The minimum absolute atomic E-state index is 0.290. The maximum Gasteiger partial charge on any atom is 0.341 e. The number of aromatic nitrogens is 1. The smallest absolute Gasteiger partial charge is 0.341 e. The highest BCUT2D eigenvalue weighted by Crippen LogP contribution is 2.32. The zero-order chi connectivity index (χ0) is 17.1. The molecule has 0 saturated carbocycles. The maximum absolute atomic E-state index is 12.3. The number of pyridine rings is 1. The number of hydrogen-bond donors (Lipinski definition) is 1. The van der Waals surface area contributed by atoms with E-state index < -0.39 is 5.97 Å². The van der Waals surface area contributed by atoms with Crippen LogP contribution in [0.4, 0.5) is 11.4 Å². The molecule has 0 aliphatic rings. The average molecular weight is 361 g/mol. The second-order valence-electron chi connectivity index (χ2n) is 5.04. The van der Waals surface area contributed by atoms with Gasteiger partial charge in [-0.15, -0.1) is 0 Å². The van der Waals surface area contributed by atoms with Crippen molar-refractivity contribution in [3.8, 4) is 0 Å². The van der Waals surface area contributed by atoms with Gasteiger partial charge < -0.3 is 10.1 Å². The highest BCUT2D eigenvalue weighted by atomic mass is 35.5. The summed E-state index contributed by atoms with van der Waals surface area (Å²) in [6.45, 7) is 2.05. The summed E-state index contributed by atoms with van der Waals surface area (Å²) < 4.78 is 5.13. The van der Waals surface area contributed by atoms with Crippen molar-refractivity contribution in [2.24, 2.45) is 0 Å². The lowest BCUT2D eigenvalue weighted by molar-refractivity contribution is 0.0527. The van der Waals surface area contributed by atoms with Gasteiger partial charge in [0.2, 0.25) is 0 Å². The SMILES string of the molecule is CCOC(=O)c1cnc2ccccc2c1Nc1ccc(Cl)c(Cl)c1. The van der Waals surface area contributed by atoms with E-state index in [-0.39, 0.29) is 6.61 Å². The summed E-state index contributed by atoms with van der Waals surface area (Å²) in [6, 6.07) is 12.7. The van der Waals surface area contributed by atoms with Gasteiger partial charge in [0, 0.05) is 17.3 Å². The van der Waals surface area contributed by atoms with Crippen molar-refractivity contribution >= 4 is 51.4 Å². The van der Waals surface area contributed by atoms with Crippen LogP contribution in [0.3, 0.4) is 0 Å². The lowest BCUT2D eigenvalue weighted by atomic mass is 10.1. The highest BCUT2D eigenvalue weighted by Gasteiger charge is 2.17. The fourth-order valence-corrected chi connectivity index (χ4v) is 2.66.